The highest BCUT2D eigenvalue weighted by Crippen LogP contribution is 2.16. The fourth-order valence-electron chi connectivity index (χ4n) is 2.81. The zero-order chi connectivity index (χ0) is 15.6. The minimum Gasteiger partial charge on any atom is -0.374 e. The molecule has 1 fully saturated rings. The quantitative estimate of drug-likeness (QED) is 0.732. The number of rotatable bonds is 8. The van der Waals surface area contributed by atoms with Crippen molar-refractivity contribution in [2.24, 2.45) is 0 Å². The van der Waals surface area contributed by atoms with Gasteiger partial charge in [0.1, 0.15) is 6.61 Å². The lowest BCUT2D eigenvalue weighted by Gasteiger charge is -2.30. The van der Waals surface area contributed by atoms with E-state index in [9.17, 15) is 8.78 Å². The molecule has 2 rings (SSSR count). The standard InChI is InChI=1S/C16H25F2N3O.ClH/c17-16(18)13-22-11-10-21(12-14-4-1-2-8-20-14)15-5-3-7-19-9-6-15;/h1-2,4,8,15-16,19H,3,5-7,9-13H2;1H. The summed E-state index contributed by atoms with van der Waals surface area (Å²) in [5.74, 6) is 0. The predicted octanol–water partition coefficient (Wildman–Crippen LogP) is 2.73. The number of hydrogen-bond acceptors (Lipinski definition) is 4. The van der Waals surface area contributed by atoms with Crippen molar-refractivity contribution in [2.45, 2.75) is 38.3 Å². The Hall–Kier alpha value is -0.820. The van der Waals surface area contributed by atoms with Crippen molar-refractivity contribution < 1.29 is 13.5 Å². The van der Waals surface area contributed by atoms with E-state index < -0.39 is 13.0 Å². The first-order valence-electron chi connectivity index (χ1n) is 7.96. The average Bonchev–Trinajstić information content (AvgIpc) is 2.80. The number of alkyl halides is 2. The third-order valence-electron chi connectivity index (χ3n) is 3.92. The fraction of sp³-hybridized carbons (Fsp3) is 0.688. The first-order chi connectivity index (χ1) is 10.8. The Bertz CT molecular complexity index is 404. The van der Waals surface area contributed by atoms with Crippen LogP contribution in [0.1, 0.15) is 25.0 Å². The monoisotopic (exact) mass is 349 g/mol. The lowest BCUT2D eigenvalue weighted by molar-refractivity contribution is 0.00394. The van der Waals surface area contributed by atoms with E-state index in [1.807, 2.05) is 18.2 Å². The molecule has 1 aromatic heterocycles. The molecule has 0 radical (unpaired) electrons. The van der Waals surface area contributed by atoms with Gasteiger partial charge in [-0.2, -0.15) is 0 Å². The summed E-state index contributed by atoms with van der Waals surface area (Å²) in [5, 5.41) is 3.41. The maximum Gasteiger partial charge on any atom is 0.261 e. The van der Waals surface area contributed by atoms with E-state index in [-0.39, 0.29) is 12.4 Å². The smallest absolute Gasteiger partial charge is 0.261 e. The number of nitrogens with zero attached hydrogens (tertiary/aromatic N) is 2. The van der Waals surface area contributed by atoms with Crippen molar-refractivity contribution >= 4 is 12.4 Å². The number of ether oxygens (including phenoxy) is 1. The molecule has 0 bridgehead atoms. The molecule has 4 nitrogen and oxygen atoms in total. The maximum atomic E-state index is 12.2. The highest BCUT2D eigenvalue weighted by atomic mass is 35.5. The zero-order valence-electron chi connectivity index (χ0n) is 13.3. The summed E-state index contributed by atoms with van der Waals surface area (Å²) >= 11 is 0. The minimum absolute atomic E-state index is 0. The molecule has 0 aliphatic carbocycles. The molecule has 1 atom stereocenters. The van der Waals surface area contributed by atoms with E-state index in [1.54, 1.807) is 6.20 Å². The summed E-state index contributed by atoms with van der Waals surface area (Å²) in [6.07, 6.45) is 2.72. The van der Waals surface area contributed by atoms with Crippen LogP contribution in [0.25, 0.3) is 0 Å². The van der Waals surface area contributed by atoms with Crippen molar-refractivity contribution in [1.82, 2.24) is 15.2 Å². The van der Waals surface area contributed by atoms with Crippen LogP contribution in [0.15, 0.2) is 24.4 Å². The second kappa shape index (κ2) is 11.7. The Morgan fingerprint density at radius 1 is 1.30 bits per heavy atom. The molecule has 23 heavy (non-hydrogen) atoms. The van der Waals surface area contributed by atoms with E-state index >= 15 is 0 Å². The van der Waals surface area contributed by atoms with Gasteiger partial charge in [-0.05, 0) is 44.5 Å². The van der Waals surface area contributed by atoms with Gasteiger partial charge in [0.25, 0.3) is 6.43 Å². The summed E-state index contributed by atoms with van der Waals surface area (Å²) < 4.78 is 29.4. The number of hydrogen-bond donors (Lipinski definition) is 1. The molecule has 1 aliphatic heterocycles. The van der Waals surface area contributed by atoms with E-state index in [2.05, 4.69) is 15.2 Å². The van der Waals surface area contributed by atoms with Crippen LogP contribution in [0.5, 0.6) is 0 Å². The Balaban J connectivity index is 0.00000264. The highest BCUT2D eigenvalue weighted by molar-refractivity contribution is 5.85. The van der Waals surface area contributed by atoms with Gasteiger partial charge in [0, 0.05) is 25.3 Å². The van der Waals surface area contributed by atoms with Gasteiger partial charge in [-0.1, -0.05) is 6.07 Å². The van der Waals surface area contributed by atoms with Crippen LogP contribution in [0.2, 0.25) is 0 Å². The van der Waals surface area contributed by atoms with Crippen LogP contribution < -0.4 is 5.32 Å². The van der Waals surface area contributed by atoms with Gasteiger partial charge in [-0.25, -0.2) is 8.78 Å². The van der Waals surface area contributed by atoms with Crippen molar-refractivity contribution in [2.75, 3.05) is 32.8 Å². The number of nitrogens with one attached hydrogen (secondary N) is 1. The van der Waals surface area contributed by atoms with E-state index in [4.69, 9.17) is 4.74 Å². The Morgan fingerprint density at radius 3 is 2.91 bits per heavy atom. The first kappa shape index (κ1) is 20.2. The average molecular weight is 350 g/mol. The van der Waals surface area contributed by atoms with Gasteiger partial charge in [-0.15, -0.1) is 12.4 Å². The number of aromatic nitrogens is 1. The van der Waals surface area contributed by atoms with Crippen LogP contribution in [-0.2, 0) is 11.3 Å². The van der Waals surface area contributed by atoms with Crippen molar-refractivity contribution in [1.29, 1.82) is 0 Å². The Labute approximate surface area is 143 Å². The van der Waals surface area contributed by atoms with E-state index in [0.717, 1.165) is 44.6 Å². The summed E-state index contributed by atoms with van der Waals surface area (Å²) in [6.45, 7) is 3.30. The zero-order valence-corrected chi connectivity index (χ0v) is 14.1. The molecule has 0 aromatic carbocycles. The summed E-state index contributed by atoms with van der Waals surface area (Å²) in [4.78, 5) is 6.70. The molecule has 1 unspecified atom stereocenters. The summed E-state index contributed by atoms with van der Waals surface area (Å²) in [6, 6.07) is 6.33. The number of halogens is 3. The molecule has 1 N–H and O–H groups in total. The van der Waals surface area contributed by atoms with Crippen molar-refractivity contribution in [3.63, 3.8) is 0 Å². The van der Waals surface area contributed by atoms with Gasteiger partial charge in [0.2, 0.25) is 0 Å². The molecule has 1 aromatic rings. The maximum absolute atomic E-state index is 12.2. The molecular weight excluding hydrogens is 324 g/mol. The summed E-state index contributed by atoms with van der Waals surface area (Å²) in [5.41, 5.74) is 1.01. The van der Waals surface area contributed by atoms with Crippen molar-refractivity contribution in [3.8, 4) is 0 Å². The lowest BCUT2D eigenvalue weighted by Crippen LogP contribution is -2.38. The molecule has 1 saturated heterocycles. The molecule has 0 spiro atoms. The third-order valence-corrected chi connectivity index (χ3v) is 3.92. The minimum atomic E-state index is -2.40. The van der Waals surface area contributed by atoms with Gasteiger partial charge in [0.05, 0.1) is 12.3 Å². The predicted molar refractivity (Wildman–Crippen MR) is 89.2 cm³/mol. The highest BCUT2D eigenvalue weighted by Gasteiger charge is 2.20. The molecule has 1 aliphatic rings. The normalized spacial score (nSPS) is 18.7. The molecule has 2 heterocycles. The Kier molecular flexibility index (Phi) is 10.3. The van der Waals surface area contributed by atoms with Crippen LogP contribution in [0.4, 0.5) is 8.78 Å². The molecular formula is C16H26ClF2N3O. The van der Waals surface area contributed by atoms with Crippen LogP contribution in [0.3, 0.4) is 0 Å². The summed E-state index contributed by atoms with van der Waals surface area (Å²) in [7, 11) is 0. The number of pyridine rings is 1. The topological polar surface area (TPSA) is 37.4 Å². The Morgan fingerprint density at radius 2 is 2.17 bits per heavy atom. The fourth-order valence-corrected chi connectivity index (χ4v) is 2.81. The van der Waals surface area contributed by atoms with Gasteiger partial charge >= 0.3 is 0 Å². The first-order valence-corrected chi connectivity index (χ1v) is 7.96. The second-order valence-electron chi connectivity index (χ2n) is 5.59. The molecule has 0 amide bonds. The van der Waals surface area contributed by atoms with E-state index in [1.165, 1.54) is 0 Å². The van der Waals surface area contributed by atoms with Crippen LogP contribution in [0, 0.1) is 0 Å². The lowest BCUT2D eigenvalue weighted by atomic mass is 10.1. The van der Waals surface area contributed by atoms with Crippen molar-refractivity contribution in [3.05, 3.63) is 30.1 Å². The van der Waals surface area contributed by atoms with Gasteiger partial charge < -0.3 is 10.1 Å². The second-order valence-corrected chi connectivity index (χ2v) is 5.59. The molecule has 0 saturated carbocycles. The van der Waals surface area contributed by atoms with Gasteiger partial charge in [0.15, 0.2) is 0 Å². The third kappa shape index (κ3) is 8.01. The SMILES string of the molecule is Cl.FC(F)COCCN(Cc1ccccn1)C1CCCNCC1. The molecule has 132 valence electrons. The largest absolute Gasteiger partial charge is 0.374 e. The van der Waals surface area contributed by atoms with Crippen LogP contribution in [-0.4, -0.2) is 55.2 Å². The van der Waals surface area contributed by atoms with Gasteiger partial charge in [-0.3, -0.25) is 9.88 Å². The van der Waals surface area contributed by atoms with Crippen LogP contribution >= 0.6 is 12.4 Å². The van der Waals surface area contributed by atoms with E-state index in [0.29, 0.717) is 19.2 Å². The molecule has 7 heteroatoms.